The van der Waals surface area contributed by atoms with Crippen LogP contribution >= 0.6 is 0 Å². The van der Waals surface area contributed by atoms with E-state index in [1.165, 1.54) is 0 Å². The highest BCUT2D eigenvalue weighted by atomic mass is 19.4. The van der Waals surface area contributed by atoms with Crippen LogP contribution < -0.4 is 0 Å². The minimum Gasteiger partial charge on any atom is -0.219 e. The first-order valence-corrected chi connectivity index (χ1v) is 4.56. The summed E-state index contributed by atoms with van der Waals surface area (Å²) in [4.78, 5) is 0. The summed E-state index contributed by atoms with van der Waals surface area (Å²) in [6, 6.07) is 0. The molecule has 0 aliphatic carbocycles. The lowest BCUT2D eigenvalue weighted by atomic mass is 10.0. The summed E-state index contributed by atoms with van der Waals surface area (Å²) < 4.78 is 169. The topological polar surface area (TPSA) is 0 Å². The largest absolute Gasteiger partial charge is 0.460 e. The summed E-state index contributed by atoms with van der Waals surface area (Å²) in [7, 11) is 0. The molecular formula is C8H2F14. The van der Waals surface area contributed by atoms with E-state index < -0.39 is 48.2 Å². The van der Waals surface area contributed by atoms with Gasteiger partial charge in [0.15, 0.2) is 0 Å². The van der Waals surface area contributed by atoms with E-state index in [1.807, 2.05) is 0 Å². The van der Waals surface area contributed by atoms with Crippen LogP contribution in [0.2, 0.25) is 0 Å². The van der Waals surface area contributed by atoms with Crippen molar-refractivity contribution in [3.63, 3.8) is 0 Å². The predicted octanol–water partition coefficient (Wildman–Crippen LogP) is 5.21. The fourth-order valence-electron chi connectivity index (χ4n) is 0.863. The van der Waals surface area contributed by atoms with Crippen molar-refractivity contribution in [1.82, 2.24) is 0 Å². The summed E-state index contributed by atoms with van der Waals surface area (Å²) in [6.45, 7) is 0. The molecule has 0 heterocycles. The molecule has 14 heteroatoms. The number of allylic oxidation sites excluding steroid dienone is 2. The lowest BCUT2D eigenvalue weighted by molar-refractivity contribution is -0.343. The van der Waals surface area contributed by atoms with Crippen LogP contribution in [-0.2, 0) is 0 Å². The SMILES string of the molecule is FC(F)(F)C(F)(F)C(F)(F)/C=C/C(F)(C(F)(F)F)C(F)(F)F. The molecule has 0 amide bonds. The Morgan fingerprint density at radius 3 is 0.955 bits per heavy atom. The van der Waals surface area contributed by atoms with Gasteiger partial charge in [0.1, 0.15) is 0 Å². The van der Waals surface area contributed by atoms with Crippen LogP contribution in [0, 0.1) is 0 Å². The second-order valence-electron chi connectivity index (χ2n) is 3.74. The third-order valence-electron chi connectivity index (χ3n) is 2.12. The molecule has 22 heavy (non-hydrogen) atoms. The number of halogens is 14. The van der Waals surface area contributed by atoms with Crippen LogP contribution in [0.1, 0.15) is 0 Å². The van der Waals surface area contributed by atoms with Crippen LogP contribution in [0.15, 0.2) is 12.2 Å². The van der Waals surface area contributed by atoms with Crippen molar-refractivity contribution in [3.8, 4) is 0 Å². The monoisotopic (exact) mass is 364 g/mol. The lowest BCUT2D eigenvalue weighted by Gasteiger charge is -2.29. The lowest BCUT2D eigenvalue weighted by Crippen LogP contribution is -2.54. The van der Waals surface area contributed by atoms with Crippen LogP contribution in [0.3, 0.4) is 0 Å². The van der Waals surface area contributed by atoms with Crippen molar-refractivity contribution < 1.29 is 61.5 Å². The summed E-state index contributed by atoms with van der Waals surface area (Å²) in [5.41, 5.74) is -6.54. The van der Waals surface area contributed by atoms with Crippen LogP contribution in [-0.4, -0.2) is 36.0 Å². The Morgan fingerprint density at radius 1 is 0.409 bits per heavy atom. The smallest absolute Gasteiger partial charge is 0.219 e. The van der Waals surface area contributed by atoms with Gasteiger partial charge in [-0.15, -0.1) is 0 Å². The van der Waals surface area contributed by atoms with E-state index in [-0.39, 0.29) is 0 Å². The molecule has 0 aromatic rings. The molecule has 0 aliphatic rings. The van der Waals surface area contributed by atoms with Crippen LogP contribution in [0.5, 0.6) is 0 Å². The van der Waals surface area contributed by atoms with Gasteiger partial charge in [0.25, 0.3) is 0 Å². The fraction of sp³-hybridized carbons (Fsp3) is 0.750. The first-order valence-electron chi connectivity index (χ1n) is 4.56. The van der Waals surface area contributed by atoms with Gasteiger partial charge in [-0.3, -0.25) is 0 Å². The van der Waals surface area contributed by atoms with Crippen LogP contribution in [0.25, 0.3) is 0 Å². The Labute approximate surface area is 111 Å². The number of hydrogen-bond acceptors (Lipinski definition) is 0. The van der Waals surface area contributed by atoms with Gasteiger partial charge in [0.2, 0.25) is 0 Å². The van der Waals surface area contributed by atoms with Gasteiger partial charge in [-0.2, -0.15) is 57.1 Å². The highest BCUT2D eigenvalue weighted by molar-refractivity contribution is 5.16. The molecule has 0 aliphatic heterocycles. The molecule has 0 aromatic heterocycles. The Balaban J connectivity index is 5.93. The van der Waals surface area contributed by atoms with Gasteiger partial charge in [-0.1, -0.05) is 0 Å². The maximum atomic E-state index is 12.8. The molecule has 0 atom stereocenters. The van der Waals surface area contributed by atoms with Gasteiger partial charge < -0.3 is 0 Å². The van der Waals surface area contributed by atoms with Crippen molar-refractivity contribution in [1.29, 1.82) is 0 Å². The molecule has 0 spiro atoms. The molecule has 0 bridgehead atoms. The van der Waals surface area contributed by atoms with Crippen molar-refractivity contribution in [3.05, 3.63) is 12.2 Å². The van der Waals surface area contributed by atoms with Gasteiger partial charge in [0.05, 0.1) is 0 Å². The Hall–Kier alpha value is -1.24. The third-order valence-corrected chi connectivity index (χ3v) is 2.12. The molecule has 0 saturated carbocycles. The van der Waals surface area contributed by atoms with Crippen molar-refractivity contribution >= 4 is 0 Å². The van der Waals surface area contributed by atoms with E-state index in [4.69, 9.17) is 0 Å². The van der Waals surface area contributed by atoms with Gasteiger partial charge in [-0.05, 0) is 12.2 Å². The zero-order valence-electron chi connectivity index (χ0n) is 9.45. The standard InChI is InChI=1S/C8H2F14/c9-3(6(14,15)16,7(17,18)19)1-2-4(10,11)5(12,13)8(20,21)22/h1-2H/b2-1+. The van der Waals surface area contributed by atoms with Gasteiger partial charge in [0, 0.05) is 0 Å². The highest BCUT2D eigenvalue weighted by Gasteiger charge is 2.74. The molecule has 0 radical (unpaired) electrons. The summed E-state index contributed by atoms with van der Waals surface area (Å²) in [6.07, 6.45) is -25.1. The molecule has 0 fully saturated rings. The van der Waals surface area contributed by atoms with E-state index in [2.05, 4.69) is 0 Å². The average molecular weight is 364 g/mol. The highest BCUT2D eigenvalue weighted by Crippen LogP contribution is 2.50. The first-order chi connectivity index (χ1) is 9.21. The maximum absolute atomic E-state index is 12.8. The van der Waals surface area contributed by atoms with E-state index in [0.29, 0.717) is 0 Å². The van der Waals surface area contributed by atoms with Gasteiger partial charge >= 0.3 is 36.0 Å². The van der Waals surface area contributed by atoms with Crippen molar-refractivity contribution in [2.75, 3.05) is 0 Å². The molecule has 0 N–H and O–H groups in total. The molecule has 0 aromatic carbocycles. The van der Waals surface area contributed by atoms with E-state index >= 15 is 0 Å². The Kier molecular flexibility index (Phi) is 4.86. The minimum absolute atomic E-state index is 2.12. The van der Waals surface area contributed by atoms with E-state index in [1.54, 1.807) is 0 Å². The summed E-state index contributed by atoms with van der Waals surface area (Å²) in [5, 5.41) is 0. The number of rotatable bonds is 3. The molecule has 132 valence electrons. The van der Waals surface area contributed by atoms with Crippen molar-refractivity contribution in [2.24, 2.45) is 0 Å². The van der Waals surface area contributed by atoms with Crippen LogP contribution in [0.4, 0.5) is 61.5 Å². The van der Waals surface area contributed by atoms with E-state index in [9.17, 15) is 61.5 Å². The fourth-order valence-corrected chi connectivity index (χ4v) is 0.863. The maximum Gasteiger partial charge on any atom is 0.460 e. The normalized spacial score (nSPS) is 16.5. The number of hydrogen-bond donors (Lipinski definition) is 0. The quantitative estimate of drug-likeness (QED) is 0.477. The second kappa shape index (κ2) is 5.15. The van der Waals surface area contributed by atoms with E-state index in [0.717, 1.165) is 0 Å². The minimum atomic E-state index is -7.02. The first kappa shape index (κ1) is 20.8. The number of alkyl halides is 14. The second-order valence-corrected chi connectivity index (χ2v) is 3.74. The zero-order chi connectivity index (χ0) is 18.4. The molecule has 0 nitrogen and oxygen atoms in total. The average Bonchev–Trinajstić information content (AvgIpc) is 2.20. The molecule has 0 unspecified atom stereocenters. The summed E-state index contributed by atoms with van der Waals surface area (Å²) >= 11 is 0. The zero-order valence-corrected chi connectivity index (χ0v) is 9.45. The Morgan fingerprint density at radius 2 is 0.727 bits per heavy atom. The molecule has 0 rings (SSSR count). The third kappa shape index (κ3) is 3.39. The predicted molar refractivity (Wildman–Crippen MR) is 41.0 cm³/mol. The Bertz CT molecular complexity index is 404. The van der Waals surface area contributed by atoms with Crippen molar-refractivity contribution in [2.45, 2.75) is 36.0 Å². The van der Waals surface area contributed by atoms with Gasteiger partial charge in [-0.25, -0.2) is 4.39 Å². The molecule has 0 saturated heterocycles. The summed E-state index contributed by atoms with van der Waals surface area (Å²) in [5.74, 6) is -13.6. The molecular weight excluding hydrogens is 362 g/mol.